The molecule has 3 aromatic rings. The van der Waals surface area contributed by atoms with Crippen LogP contribution >= 0.6 is 0 Å². The highest BCUT2D eigenvalue weighted by molar-refractivity contribution is 5.68. The van der Waals surface area contributed by atoms with Gasteiger partial charge in [0.2, 0.25) is 0 Å². The summed E-state index contributed by atoms with van der Waals surface area (Å²) < 4.78 is 4.04. The van der Waals surface area contributed by atoms with Crippen LogP contribution in [-0.2, 0) is 0 Å². The van der Waals surface area contributed by atoms with E-state index in [0.717, 1.165) is 36.4 Å². The fraction of sp³-hybridized carbons (Fsp3) is 0.526. The van der Waals surface area contributed by atoms with E-state index in [0.29, 0.717) is 18.6 Å². The summed E-state index contributed by atoms with van der Waals surface area (Å²) in [7, 11) is 0. The molecule has 1 aliphatic rings. The zero-order valence-electron chi connectivity index (χ0n) is 15.0. The van der Waals surface area contributed by atoms with Gasteiger partial charge in [0, 0.05) is 37.6 Å². The molecular weight excluding hydrogens is 328 g/mol. The average Bonchev–Trinajstić information content (AvgIpc) is 3.27. The van der Waals surface area contributed by atoms with Gasteiger partial charge in [0.1, 0.15) is 0 Å². The van der Waals surface area contributed by atoms with E-state index in [-0.39, 0.29) is 0 Å². The molecular formula is C19H26N6O. The number of fused-ring (bicyclic) bond motifs is 1. The van der Waals surface area contributed by atoms with Crippen molar-refractivity contribution in [1.82, 2.24) is 24.1 Å². The summed E-state index contributed by atoms with van der Waals surface area (Å²) in [6.07, 6.45) is 19.3. The third-order valence-electron chi connectivity index (χ3n) is 5.39. The van der Waals surface area contributed by atoms with Gasteiger partial charge in [0.15, 0.2) is 11.5 Å². The van der Waals surface area contributed by atoms with Crippen molar-refractivity contribution < 1.29 is 5.11 Å². The number of hydrogen-bond donors (Lipinski definition) is 2. The lowest BCUT2D eigenvalue weighted by Gasteiger charge is -2.24. The van der Waals surface area contributed by atoms with Crippen LogP contribution in [-0.4, -0.2) is 35.9 Å². The highest BCUT2D eigenvalue weighted by atomic mass is 16.3. The van der Waals surface area contributed by atoms with Crippen LogP contribution in [0.25, 0.3) is 5.65 Å². The van der Waals surface area contributed by atoms with Crippen LogP contribution in [0, 0.1) is 5.92 Å². The molecule has 0 bridgehead atoms. The van der Waals surface area contributed by atoms with E-state index in [1.807, 2.05) is 23.0 Å². The van der Waals surface area contributed by atoms with Gasteiger partial charge in [0.25, 0.3) is 0 Å². The van der Waals surface area contributed by atoms with Crippen LogP contribution < -0.4 is 5.32 Å². The smallest absolute Gasteiger partial charge is 0.180 e. The lowest BCUT2D eigenvalue weighted by atomic mass is 9.87. The molecule has 0 saturated heterocycles. The molecule has 0 amide bonds. The number of aliphatic hydroxyl groups is 1. The maximum Gasteiger partial charge on any atom is 0.180 e. The van der Waals surface area contributed by atoms with Crippen molar-refractivity contribution in [3.8, 4) is 0 Å². The Kier molecular flexibility index (Phi) is 5.15. The monoisotopic (exact) mass is 354 g/mol. The normalized spacial score (nSPS) is 21.4. The Labute approximate surface area is 153 Å². The first-order chi connectivity index (χ1) is 12.8. The van der Waals surface area contributed by atoms with Crippen LogP contribution in [0.2, 0.25) is 0 Å². The number of rotatable bonds is 5. The molecule has 3 heterocycles. The van der Waals surface area contributed by atoms with Crippen molar-refractivity contribution >= 4 is 17.2 Å². The average molecular weight is 354 g/mol. The molecule has 0 radical (unpaired) electrons. The van der Waals surface area contributed by atoms with E-state index in [2.05, 4.69) is 31.3 Å². The summed E-state index contributed by atoms with van der Waals surface area (Å²) in [5, 5.41) is 17.1. The van der Waals surface area contributed by atoms with Crippen LogP contribution in [0.15, 0.2) is 37.2 Å². The zero-order valence-corrected chi connectivity index (χ0v) is 15.0. The van der Waals surface area contributed by atoms with Gasteiger partial charge in [-0.1, -0.05) is 25.7 Å². The molecule has 1 fully saturated rings. The van der Waals surface area contributed by atoms with Gasteiger partial charge in [-0.25, -0.2) is 9.97 Å². The Morgan fingerprint density at radius 3 is 2.62 bits per heavy atom. The van der Waals surface area contributed by atoms with E-state index in [9.17, 15) is 0 Å². The molecule has 0 aliphatic heterocycles. The second kappa shape index (κ2) is 7.86. The van der Waals surface area contributed by atoms with Crippen molar-refractivity contribution in [2.75, 3.05) is 11.9 Å². The zero-order chi connectivity index (χ0) is 17.8. The van der Waals surface area contributed by atoms with Crippen LogP contribution in [0.4, 0.5) is 11.5 Å². The molecule has 4 rings (SSSR count). The summed E-state index contributed by atoms with van der Waals surface area (Å²) in [6.45, 7) is 0.319. The largest absolute Gasteiger partial charge is 0.396 e. The number of aliphatic hydroxyl groups excluding tert-OH is 1. The molecule has 26 heavy (non-hydrogen) atoms. The fourth-order valence-electron chi connectivity index (χ4n) is 3.99. The first kappa shape index (κ1) is 17.0. The molecule has 3 aromatic heterocycles. The minimum absolute atomic E-state index is 0.319. The van der Waals surface area contributed by atoms with Gasteiger partial charge in [-0.3, -0.25) is 4.68 Å². The Morgan fingerprint density at radius 1 is 1.08 bits per heavy atom. The minimum Gasteiger partial charge on any atom is -0.396 e. The van der Waals surface area contributed by atoms with Crippen LogP contribution in [0.1, 0.15) is 51.0 Å². The van der Waals surface area contributed by atoms with Gasteiger partial charge in [-0.05, 0) is 25.2 Å². The fourth-order valence-corrected chi connectivity index (χ4v) is 3.99. The van der Waals surface area contributed by atoms with Gasteiger partial charge in [-0.2, -0.15) is 5.10 Å². The first-order valence-electron chi connectivity index (χ1n) is 9.53. The van der Waals surface area contributed by atoms with Gasteiger partial charge in [0.05, 0.1) is 17.9 Å². The predicted molar refractivity (Wildman–Crippen MR) is 100 cm³/mol. The van der Waals surface area contributed by atoms with E-state index >= 15 is 0 Å². The van der Waals surface area contributed by atoms with Crippen molar-refractivity contribution in [3.63, 3.8) is 0 Å². The molecule has 7 heteroatoms. The molecule has 1 saturated carbocycles. The highest BCUT2D eigenvalue weighted by Gasteiger charge is 2.18. The van der Waals surface area contributed by atoms with E-state index < -0.39 is 0 Å². The Balaban J connectivity index is 1.42. The molecule has 0 unspecified atom stereocenters. The Bertz CT molecular complexity index is 831. The number of aromatic nitrogens is 5. The van der Waals surface area contributed by atoms with Gasteiger partial charge >= 0.3 is 0 Å². The molecule has 7 nitrogen and oxygen atoms in total. The third-order valence-corrected chi connectivity index (χ3v) is 5.39. The maximum absolute atomic E-state index is 9.15. The van der Waals surface area contributed by atoms with Crippen molar-refractivity contribution in [2.24, 2.45) is 5.92 Å². The maximum atomic E-state index is 9.15. The molecule has 0 spiro atoms. The van der Waals surface area contributed by atoms with Crippen molar-refractivity contribution in [3.05, 3.63) is 37.2 Å². The molecule has 1 aliphatic carbocycles. The number of nitrogens with one attached hydrogen (secondary N) is 1. The topological polar surface area (TPSA) is 80.3 Å². The van der Waals surface area contributed by atoms with Crippen molar-refractivity contribution in [1.29, 1.82) is 0 Å². The molecule has 138 valence electrons. The Hall–Kier alpha value is -2.41. The summed E-state index contributed by atoms with van der Waals surface area (Å²) in [6, 6.07) is 0.454. The Morgan fingerprint density at radius 2 is 1.85 bits per heavy atom. The van der Waals surface area contributed by atoms with E-state index in [1.165, 1.54) is 25.7 Å². The molecule has 0 atom stereocenters. The lowest BCUT2D eigenvalue weighted by Crippen LogP contribution is -2.14. The number of anilines is 2. The second-order valence-corrected chi connectivity index (χ2v) is 7.16. The quantitative estimate of drug-likeness (QED) is 0.732. The predicted octanol–water partition coefficient (Wildman–Crippen LogP) is 3.56. The van der Waals surface area contributed by atoms with Gasteiger partial charge < -0.3 is 14.8 Å². The van der Waals surface area contributed by atoms with Gasteiger partial charge in [-0.15, -0.1) is 0 Å². The SMILES string of the molecule is OCCC1CCCC(n2cc(Nc3nccn4ccnc34)cn2)CCC1. The summed E-state index contributed by atoms with van der Waals surface area (Å²) >= 11 is 0. The number of hydrogen-bond acceptors (Lipinski definition) is 5. The van der Waals surface area contributed by atoms with E-state index in [4.69, 9.17) is 5.11 Å². The van der Waals surface area contributed by atoms with Crippen LogP contribution in [0.3, 0.4) is 0 Å². The summed E-state index contributed by atoms with van der Waals surface area (Å²) in [5.74, 6) is 1.43. The third kappa shape index (κ3) is 3.72. The summed E-state index contributed by atoms with van der Waals surface area (Å²) in [5.41, 5.74) is 1.75. The molecule has 2 N–H and O–H groups in total. The second-order valence-electron chi connectivity index (χ2n) is 7.16. The molecule has 0 aromatic carbocycles. The number of nitrogens with zero attached hydrogens (tertiary/aromatic N) is 5. The minimum atomic E-state index is 0.319. The standard InChI is InChI=1S/C19H26N6O/c26-12-7-15-3-1-5-17(6-2-4-15)25-14-16(13-22-25)23-18-19-21-9-11-24(19)10-8-20-18/h8-11,13-15,17,26H,1-7,12H2,(H,20,23). The highest BCUT2D eigenvalue weighted by Crippen LogP contribution is 2.31. The lowest BCUT2D eigenvalue weighted by molar-refractivity contribution is 0.226. The van der Waals surface area contributed by atoms with E-state index in [1.54, 1.807) is 12.4 Å². The van der Waals surface area contributed by atoms with Crippen molar-refractivity contribution in [2.45, 2.75) is 51.0 Å². The first-order valence-corrected chi connectivity index (χ1v) is 9.53. The summed E-state index contributed by atoms with van der Waals surface area (Å²) in [4.78, 5) is 8.75. The number of imidazole rings is 1. The van der Waals surface area contributed by atoms with Crippen LogP contribution in [0.5, 0.6) is 0 Å².